The second-order valence-electron chi connectivity index (χ2n) is 2.74. The van der Waals surface area contributed by atoms with Gasteiger partial charge in [0.1, 0.15) is 0 Å². The first-order chi connectivity index (χ1) is 5.59. The Labute approximate surface area is 76.0 Å². The van der Waals surface area contributed by atoms with E-state index in [1.54, 1.807) is 0 Å². The molecular weight excluding hydrogens is 198 g/mol. The second kappa shape index (κ2) is 3.66. The molecule has 4 nitrogen and oxygen atoms in total. The molecule has 2 atom stereocenters. The van der Waals surface area contributed by atoms with Crippen molar-refractivity contribution >= 4 is 28.0 Å². The van der Waals surface area contributed by atoms with Gasteiger partial charge >= 0.3 is 0 Å². The molecule has 0 bridgehead atoms. The molecule has 1 fully saturated rings. The second-order valence-corrected chi connectivity index (χ2v) is 5.97. The number of amides is 1. The number of sulfone groups is 1. The molecule has 6 heteroatoms. The normalized spacial score (nSPS) is 33.1. The van der Waals surface area contributed by atoms with Gasteiger partial charge in [-0.3, -0.25) is 4.79 Å². The van der Waals surface area contributed by atoms with E-state index in [0.29, 0.717) is 6.41 Å². The minimum absolute atomic E-state index is 0.0141. The fourth-order valence-corrected chi connectivity index (χ4v) is 4.83. The quantitative estimate of drug-likeness (QED) is 0.622. The highest BCUT2D eigenvalue weighted by atomic mass is 32.2. The first-order valence-corrected chi connectivity index (χ1v) is 6.63. The van der Waals surface area contributed by atoms with Crippen molar-refractivity contribution in [1.82, 2.24) is 5.32 Å². The molecule has 1 rings (SSSR count). The van der Waals surface area contributed by atoms with Crippen LogP contribution >= 0.6 is 11.8 Å². The van der Waals surface area contributed by atoms with Crippen molar-refractivity contribution in [2.45, 2.75) is 11.3 Å². The molecule has 0 saturated carbocycles. The van der Waals surface area contributed by atoms with Crippen LogP contribution in [0.2, 0.25) is 0 Å². The molecular formula is C6H11NO3S2. The van der Waals surface area contributed by atoms with E-state index >= 15 is 0 Å². The summed E-state index contributed by atoms with van der Waals surface area (Å²) in [6.07, 6.45) is 2.42. The largest absolute Gasteiger partial charge is 0.354 e. The average molecular weight is 209 g/mol. The summed E-state index contributed by atoms with van der Waals surface area (Å²) in [6.45, 7) is 0. The molecule has 1 N–H and O–H groups in total. The third-order valence-corrected chi connectivity index (χ3v) is 4.93. The Morgan fingerprint density at radius 3 is 2.67 bits per heavy atom. The third-order valence-electron chi connectivity index (χ3n) is 1.89. The van der Waals surface area contributed by atoms with Crippen LogP contribution < -0.4 is 5.32 Å². The van der Waals surface area contributed by atoms with E-state index in [1.807, 2.05) is 6.26 Å². The van der Waals surface area contributed by atoms with Crippen molar-refractivity contribution in [2.75, 3.05) is 17.8 Å². The Bertz CT molecular complexity index is 262. The SMILES string of the molecule is CS[C@H]1CS(=O)(=O)C[C@@H]1NC=O. The Balaban J connectivity index is 2.69. The molecule has 0 spiro atoms. The first-order valence-electron chi connectivity index (χ1n) is 3.52. The first kappa shape index (κ1) is 9.85. The third kappa shape index (κ3) is 2.13. The highest BCUT2D eigenvalue weighted by Gasteiger charge is 2.36. The molecule has 1 aliphatic heterocycles. The Morgan fingerprint density at radius 1 is 1.50 bits per heavy atom. The topological polar surface area (TPSA) is 63.2 Å². The maximum absolute atomic E-state index is 11.1. The predicted octanol–water partition coefficient (Wildman–Crippen LogP) is -0.739. The number of carbonyl (C=O) groups is 1. The van der Waals surface area contributed by atoms with E-state index < -0.39 is 9.84 Å². The molecule has 0 aromatic heterocycles. The Kier molecular flexibility index (Phi) is 3.00. The average Bonchev–Trinajstić information content (AvgIpc) is 2.26. The van der Waals surface area contributed by atoms with Crippen LogP contribution in [-0.4, -0.2) is 43.9 Å². The fraction of sp³-hybridized carbons (Fsp3) is 0.833. The van der Waals surface area contributed by atoms with Crippen LogP contribution in [0.4, 0.5) is 0 Å². The minimum Gasteiger partial charge on any atom is -0.354 e. The molecule has 1 amide bonds. The van der Waals surface area contributed by atoms with Gasteiger partial charge < -0.3 is 5.32 Å². The van der Waals surface area contributed by atoms with Gasteiger partial charge in [0, 0.05) is 5.25 Å². The molecule has 0 aromatic rings. The number of thioether (sulfide) groups is 1. The zero-order valence-corrected chi connectivity index (χ0v) is 8.32. The monoisotopic (exact) mass is 209 g/mol. The van der Waals surface area contributed by atoms with Gasteiger partial charge in [-0.2, -0.15) is 11.8 Å². The summed E-state index contributed by atoms with van der Waals surface area (Å²) in [5, 5.41) is 2.53. The molecule has 70 valence electrons. The number of rotatable bonds is 3. The summed E-state index contributed by atoms with van der Waals surface area (Å²) >= 11 is 1.48. The maximum Gasteiger partial charge on any atom is 0.207 e. The van der Waals surface area contributed by atoms with Crippen LogP contribution in [0.25, 0.3) is 0 Å². The van der Waals surface area contributed by atoms with Gasteiger partial charge in [0.2, 0.25) is 6.41 Å². The summed E-state index contributed by atoms with van der Waals surface area (Å²) in [5.41, 5.74) is 0. The summed E-state index contributed by atoms with van der Waals surface area (Å²) < 4.78 is 22.2. The van der Waals surface area contributed by atoms with Crippen LogP contribution in [0.15, 0.2) is 0 Å². The zero-order valence-electron chi connectivity index (χ0n) is 6.69. The van der Waals surface area contributed by atoms with E-state index in [-0.39, 0.29) is 22.8 Å². The Hall–Kier alpha value is -0.230. The summed E-state index contributed by atoms with van der Waals surface area (Å²) in [6, 6.07) is -0.206. The lowest BCUT2D eigenvalue weighted by atomic mass is 10.3. The van der Waals surface area contributed by atoms with Crippen molar-refractivity contribution in [3.8, 4) is 0 Å². The number of hydrogen-bond donors (Lipinski definition) is 1. The molecule has 1 aliphatic rings. The lowest BCUT2D eigenvalue weighted by molar-refractivity contribution is -0.110. The van der Waals surface area contributed by atoms with Gasteiger partial charge in [-0.25, -0.2) is 8.42 Å². The lowest BCUT2D eigenvalue weighted by Gasteiger charge is -2.13. The maximum atomic E-state index is 11.1. The highest BCUT2D eigenvalue weighted by Crippen LogP contribution is 2.22. The Morgan fingerprint density at radius 2 is 2.17 bits per heavy atom. The standard InChI is InChI=1S/C6H11NO3S2/c1-11-6-3-12(9,10)2-5(6)7-4-8/h4-6H,2-3H2,1H3,(H,7,8)/t5-,6-/m0/s1. The van der Waals surface area contributed by atoms with Gasteiger partial charge in [-0.15, -0.1) is 0 Å². The van der Waals surface area contributed by atoms with E-state index in [0.717, 1.165) is 0 Å². The van der Waals surface area contributed by atoms with Crippen molar-refractivity contribution < 1.29 is 13.2 Å². The van der Waals surface area contributed by atoms with E-state index in [1.165, 1.54) is 11.8 Å². The molecule has 1 saturated heterocycles. The van der Waals surface area contributed by atoms with Crippen molar-refractivity contribution in [3.63, 3.8) is 0 Å². The van der Waals surface area contributed by atoms with Gasteiger partial charge in [-0.1, -0.05) is 0 Å². The number of carbonyl (C=O) groups excluding carboxylic acids is 1. The van der Waals surface area contributed by atoms with Crippen LogP contribution in [0.1, 0.15) is 0 Å². The molecule has 12 heavy (non-hydrogen) atoms. The smallest absolute Gasteiger partial charge is 0.207 e. The van der Waals surface area contributed by atoms with Gasteiger partial charge in [0.25, 0.3) is 0 Å². The van der Waals surface area contributed by atoms with Crippen LogP contribution in [-0.2, 0) is 14.6 Å². The van der Waals surface area contributed by atoms with Crippen LogP contribution in [0.5, 0.6) is 0 Å². The summed E-state index contributed by atoms with van der Waals surface area (Å²) in [7, 11) is -2.92. The molecule has 0 aliphatic carbocycles. The van der Waals surface area contributed by atoms with E-state index in [2.05, 4.69) is 5.32 Å². The van der Waals surface area contributed by atoms with Gasteiger partial charge in [0.15, 0.2) is 9.84 Å². The van der Waals surface area contributed by atoms with E-state index in [9.17, 15) is 13.2 Å². The van der Waals surface area contributed by atoms with Crippen molar-refractivity contribution in [1.29, 1.82) is 0 Å². The fourth-order valence-electron chi connectivity index (χ4n) is 1.29. The molecule has 0 radical (unpaired) electrons. The molecule has 0 unspecified atom stereocenters. The van der Waals surface area contributed by atoms with E-state index in [4.69, 9.17) is 0 Å². The number of nitrogens with one attached hydrogen (secondary N) is 1. The van der Waals surface area contributed by atoms with Crippen LogP contribution in [0.3, 0.4) is 0 Å². The summed E-state index contributed by atoms with van der Waals surface area (Å²) in [5.74, 6) is 0.261. The summed E-state index contributed by atoms with van der Waals surface area (Å²) in [4.78, 5) is 10.1. The van der Waals surface area contributed by atoms with Crippen LogP contribution in [0, 0.1) is 0 Å². The number of hydrogen-bond acceptors (Lipinski definition) is 4. The molecule has 1 heterocycles. The van der Waals surface area contributed by atoms with Gasteiger partial charge in [0.05, 0.1) is 17.5 Å². The minimum atomic E-state index is -2.92. The highest BCUT2D eigenvalue weighted by molar-refractivity contribution is 8.01. The van der Waals surface area contributed by atoms with Crippen molar-refractivity contribution in [2.24, 2.45) is 0 Å². The zero-order chi connectivity index (χ0) is 9.19. The predicted molar refractivity (Wildman–Crippen MR) is 48.9 cm³/mol. The van der Waals surface area contributed by atoms with Crippen molar-refractivity contribution in [3.05, 3.63) is 0 Å². The lowest BCUT2D eigenvalue weighted by Crippen LogP contribution is -2.36. The van der Waals surface area contributed by atoms with Gasteiger partial charge in [-0.05, 0) is 6.26 Å². The molecule has 0 aromatic carbocycles.